The summed E-state index contributed by atoms with van der Waals surface area (Å²) >= 11 is 0. The highest BCUT2D eigenvalue weighted by molar-refractivity contribution is 5.30. The molecule has 152 valence electrons. The number of rotatable bonds is 8. The summed E-state index contributed by atoms with van der Waals surface area (Å²) in [6.45, 7) is 2.27. The van der Waals surface area contributed by atoms with Crippen LogP contribution in [0.4, 0.5) is 0 Å². The summed E-state index contributed by atoms with van der Waals surface area (Å²) in [6, 6.07) is 23.0. The fraction of sp³-hybridized carbons (Fsp3) is 0.500. The summed E-state index contributed by atoms with van der Waals surface area (Å²) in [5.74, 6) is 0. The molecule has 1 N–H and O–H groups in total. The molecule has 2 aromatic carbocycles. The third kappa shape index (κ3) is 4.47. The molecule has 0 unspecified atom stereocenters. The molecular formula is C24H36N4. The molecule has 0 radical (unpaired) electrons. The van der Waals surface area contributed by atoms with E-state index >= 15 is 0 Å². The van der Waals surface area contributed by atoms with Crippen LogP contribution < -0.4 is 5.43 Å². The van der Waals surface area contributed by atoms with Gasteiger partial charge in [0.25, 0.3) is 0 Å². The van der Waals surface area contributed by atoms with Crippen LogP contribution in [0.15, 0.2) is 60.7 Å². The van der Waals surface area contributed by atoms with E-state index in [-0.39, 0.29) is 0 Å². The molecule has 0 spiro atoms. The fourth-order valence-electron chi connectivity index (χ4n) is 4.80. The summed E-state index contributed by atoms with van der Waals surface area (Å²) in [7, 11) is 8.77. The summed E-state index contributed by atoms with van der Waals surface area (Å²) in [5, 5.41) is 2.11. The van der Waals surface area contributed by atoms with Gasteiger partial charge in [0.15, 0.2) is 0 Å². The molecule has 1 fully saturated rings. The van der Waals surface area contributed by atoms with E-state index in [2.05, 4.69) is 116 Å². The van der Waals surface area contributed by atoms with Crippen molar-refractivity contribution in [1.29, 1.82) is 0 Å². The normalized spacial score (nSPS) is 22.8. The number of hydrazine groups is 1. The molecule has 1 aliphatic heterocycles. The van der Waals surface area contributed by atoms with Gasteiger partial charge in [-0.25, -0.2) is 5.43 Å². The molecule has 0 saturated carbocycles. The lowest BCUT2D eigenvalue weighted by Crippen LogP contribution is -2.55. The number of hydrogen-bond acceptors (Lipinski definition) is 4. The summed E-state index contributed by atoms with van der Waals surface area (Å²) in [4.78, 5) is 5.15. The maximum absolute atomic E-state index is 3.71. The van der Waals surface area contributed by atoms with Crippen LogP contribution in [-0.4, -0.2) is 55.2 Å². The molecular weight excluding hydrogens is 344 g/mol. The highest BCUT2D eigenvalue weighted by atomic mass is 15.5. The highest BCUT2D eigenvalue weighted by Crippen LogP contribution is 2.46. The van der Waals surface area contributed by atoms with Crippen LogP contribution in [-0.2, 0) is 0 Å². The van der Waals surface area contributed by atoms with Gasteiger partial charge >= 0.3 is 0 Å². The molecule has 2 aromatic rings. The maximum Gasteiger partial charge on any atom is 0.0800 e. The van der Waals surface area contributed by atoms with E-state index in [0.29, 0.717) is 24.3 Å². The molecule has 0 aliphatic carbocycles. The van der Waals surface area contributed by atoms with Crippen molar-refractivity contribution >= 4 is 0 Å². The molecule has 4 heteroatoms. The van der Waals surface area contributed by atoms with Crippen molar-refractivity contribution in [1.82, 2.24) is 20.2 Å². The van der Waals surface area contributed by atoms with Crippen LogP contribution in [0.3, 0.4) is 0 Å². The molecule has 3 rings (SSSR count). The molecule has 1 heterocycles. The number of hydrogen-bond donors (Lipinski definition) is 1. The third-order valence-corrected chi connectivity index (χ3v) is 5.95. The van der Waals surface area contributed by atoms with Crippen molar-refractivity contribution in [3.63, 3.8) is 0 Å². The molecule has 28 heavy (non-hydrogen) atoms. The van der Waals surface area contributed by atoms with E-state index in [1.54, 1.807) is 0 Å². The van der Waals surface area contributed by atoms with E-state index in [0.717, 1.165) is 6.42 Å². The Hall–Kier alpha value is -1.72. The average molecular weight is 381 g/mol. The lowest BCUT2D eigenvalue weighted by molar-refractivity contribution is 0.0737. The number of nitrogens with zero attached hydrogens (tertiary/aromatic N) is 3. The number of likely N-dealkylation sites (N-methyl/N-ethyl adjacent to an activating group) is 2. The second-order valence-electron chi connectivity index (χ2n) is 8.23. The van der Waals surface area contributed by atoms with E-state index in [4.69, 9.17) is 0 Å². The Morgan fingerprint density at radius 1 is 0.857 bits per heavy atom. The lowest BCUT2D eigenvalue weighted by atomic mass is 9.93. The zero-order chi connectivity index (χ0) is 20.1. The van der Waals surface area contributed by atoms with Crippen molar-refractivity contribution in [2.24, 2.45) is 0 Å². The predicted molar refractivity (Wildman–Crippen MR) is 118 cm³/mol. The van der Waals surface area contributed by atoms with Crippen molar-refractivity contribution in [2.45, 2.75) is 50.5 Å². The fourth-order valence-corrected chi connectivity index (χ4v) is 4.80. The van der Waals surface area contributed by atoms with Gasteiger partial charge in [0.2, 0.25) is 0 Å². The summed E-state index contributed by atoms with van der Waals surface area (Å²) in [6.07, 6.45) is 3.94. The third-order valence-electron chi connectivity index (χ3n) is 5.95. The first-order valence-corrected chi connectivity index (χ1v) is 10.5. The first kappa shape index (κ1) is 21.0. The average Bonchev–Trinajstić information content (AvgIpc) is 2.96. The smallest absolute Gasteiger partial charge is 0.0800 e. The Morgan fingerprint density at radius 2 is 1.32 bits per heavy atom. The Labute approximate surface area is 171 Å². The minimum absolute atomic E-state index is 0.323. The highest BCUT2D eigenvalue weighted by Gasteiger charge is 2.47. The molecule has 1 aliphatic rings. The van der Waals surface area contributed by atoms with Gasteiger partial charge in [-0.05, 0) is 31.6 Å². The van der Waals surface area contributed by atoms with Crippen LogP contribution in [0.5, 0.6) is 0 Å². The van der Waals surface area contributed by atoms with Gasteiger partial charge < -0.3 is 0 Å². The van der Waals surface area contributed by atoms with Gasteiger partial charge in [0, 0.05) is 14.1 Å². The van der Waals surface area contributed by atoms with Gasteiger partial charge in [-0.3, -0.25) is 14.8 Å². The van der Waals surface area contributed by atoms with Gasteiger partial charge in [-0.2, -0.15) is 0 Å². The minimum atomic E-state index is 0.323. The molecule has 1 saturated heterocycles. The quantitative estimate of drug-likeness (QED) is 0.689. The van der Waals surface area contributed by atoms with Gasteiger partial charge in [-0.15, -0.1) is 0 Å². The standard InChI is InChI=1S/C24H36N4/c1-6-7-18-21(25-26(2)3)24-27(4)22(19-14-10-8-11-15-19)23(28(24)5)20-16-12-9-13-17-20/h8-17,21-25H,6-7,18H2,1-5H3/t21-,22-,23-/m0/s1. The van der Waals surface area contributed by atoms with E-state index in [9.17, 15) is 0 Å². The summed E-state index contributed by atoms with van der Waals surface area (Å²) < 4.78 is 0. The molecule has 4 nitrogen and oxygen atoms in total. The van der Waals surface area contributed by atoms with Crippen molar-refractivity contribution in [2.75, 3.05) is 28.2 Å². The van der Waals surface area contributed by atoms with Crippen LogP contribution in [0.1, 0.15) is 49.4 Å². The van der Waals surface area contributed by atoms with Gasteiger partial charge in [-0.1, -0.05) is 80.4 Å². The largest absolute Gasteiger partial charge is 0.281 e. The monoisotopic (exact) mass is 380 g/mol. The topological polar surface area (TPSA) is 21.8 Å². The molecule has 3 atom stereocenters. The van der Waals surface area contributed by atoms with Crippen molar-refractivity contribution in [3.8, 4) is 0 Å². The molecule has 0 bridgehead atoms. The zero-order valence-electron chi connectivity index (χ0n) is 18.0. The summed E-state index contributed by atoms with van der Waals surface area (Å²) in [5.41, 5.74) is 6.47. The first-order chi connectivity index (χ1) is 13.5. The number of benzene rings is 2. The lowest BCUT2D eigenvalue weighted by Gasteiger charge is -2.36. The van der Waals surface area contributed by atoms with Crippen molar-refractivity contribution < 1.29 is 0 Å². The Morgan fingerprint density at radius 3 is 1.71 bits per heavy atom. The second kappa shape index (κ2) is 9.66. The van der Waals surface area contributed by atoms with E-state index in [1.807, 2.05) is 0 Å². The van der Waals surface area contributed by atoms with Crippen LogP contribution in [0.2, 0.25) is 0 Å². The van der Waals surface area contributed by atoms with Crippen LogP contribution in [0, 0.1) is 0 Å². The maximum atomic E-state index is 3.71. The Kier molecular flexibility index (Phi) is 7.24. The molecule has 0 aromatic heterocycles. The Balaban J connectivity index is 2.00. The van der Waals surface area contributed by atoms with Crippen molar-refractivity contribution in [3.05, 3.63) is 71.8 Å². The number of nitrogens with one attached hydrogen (secondary N) is 1. The zero-order valence-corrected chi connectivity index (χ0v) is 18.0. The van der Waals surface area contributed by atoms with Crippen LogP contribution in [0.25, 0.3) is 0 Å². The minimum Gasteiger partial charge on any atom is -0.281 e. The van der Waals surface area contributed by atoms with Crippen LogP contribution >= 0.6 is 0 Å². The van der Waals surface area contributed by atoms with Gasteiger partial charge in [0.1, 0.15) is 0 Å². The van der Waals surface area contributed by atoms with Gasteiger partial charge in [0.05, 0.1) is 24.3 Å². The first-order valence-electron chi connectivity index (χ1n) is 10.5. The Bertz CT molecular complexity index is 652. The molecule has 0 amide bonds. The predicted octanol–water partition coefficient (Wildman–Crippen LogP) is 4.30. The second-order valence-corrected chi connectivity index (χ2v) is 8.23. The number of unbranched alkanes of at least 4 members (excludes halogenated alkanes) is 1. The van der Waals surface area contributed by atoms with E-state index in [1.165, 1.54) is 24.0 Å². The SMILES string of the molecule is CCCC[C@H](NN(C)C)C1N(C)[C@@H](c2ccccc2)[C@H](c2ccccc2)N1C. The van der Waals surface area contributed by atoms with E-state index < -0.39 is 0 Å².